The van der Waals surface area contributed by atoms with Crippen LogP contribution in [0.5, 0.6) is 0 Å². The molecule has 4 heteroatoms. The summed E-state index contributed by atoms with van der Waals surface area (Å²) in [5, 5.41) is 5.44. The molecule has 0 amide bonds. The van der Waals surface area contributed by atoms with Crippen molar-refractivity contribution in [2.45, 2.75) is 12.1 Å². The molecule has 6 rings (SSSR count). The van der Waals surface area contributed by atoms with Crippen molar-refractivity contribution in [3.63, 3.8) is 0 Å². The summed E-state index contributed by atoms with van der Waals surface area (Å²) in [6.45, 7) is 0. The zero-order valence-electron chi connectivity index (χ0n) is 25.8. The molecule has 0 aliphatic heterocycles. The van der Waals surface area contributed by atoms with Crippen molar-refractivity contribution in [3.05, 3.63) is 193 Å². The van der Waals surface area contributed by atoms with E-state index in [1.165, 1.54) is 32.3 Å². The zero-order valence-corrected chi connectivity index (χ0v) is 27.6. The fourth-order valence-corrected chi connectivity index (χ4v) is 9.72. The molecule has 0 aliphatic carbocycles. The molecule has 46 heavy (non-hydrogen) atoms. The van der Waals surface area contributed by atoms with E-state index < -0.39 is 15.8 Å². The van der Waals surface area contributed by atoms with Crippen molar-refractivity contribution in [2.75, 3.05) is 12.3 Å². The first kappa shape index (κ1) is 31.5. The van der Waals surface area contributed by atoms with Gasteiger partial charge in [0, 0.05) is 24.8 Å². The molecule has 1 unspecified atom stereocenters. The van der Waals surface area contributed by atoms with Gasteiger partial charge in [-0.15, -0.1) is 0 Å². The highest BCUT2D eigenvalue weighted by atomic mass is 31.1. The van der Waals surface area contributed by atoms with Crippen LogP contribution in [0.15, 0.2) is 192 Å². The second-order valence-corrected chi connectivity index (χ2v) is 15.4. The predicted molar refractivity (Wildman–Crippen MR) is 203 cm³/mol. The van der Waals surface area contributed by atoms with Gasteiger partial charge in [-0.1, -0.05) is 182 Å². The van der Waals surface area contributed by atoms with E-state index in [-0.39, 0.29) is 12.1 Å². The van der Waals surface area contributed by atoms with Crippen LogP contribution in [0.25, 0.3) is 0 Å². The van der Waals surface area contributed by atoms with Crippen LogP contribution in [0.1, 0.15) is 23.2 Å². The van der Waals surface area contributed by atoms with E-state index in [2.05, 4.69) is 194 Å². The molecule has 0 saturated heterocycles. The summed E-state index contributed by atoms with van der Waals surface area (Å²) in [4.78, 5) is 10.7. The van der Waals surface area contributed by atoms with Crippen LogP contribution in [0.4, 0.5) is 0 Å². The Morgan fingerprint density at radius 3 is 0.848 bits per heavy atom. The van der Waals surface area contributed by atoms with Gasteiger partial charge in [-0.2, -0.15) is 0 Å². The molecule has 0 aromatic heterocycles. The number of hydrogen-bond acceptors (Lipinski definition) is 2. The van der Waals surface area contributed by atoms with Crippen molar-refractivity contribution in [3.8, 4) is 0 Å². The molecule has 0 N–H and O–H groups in total. The topological polar surface area (TPSA) is 24.7 Å². The summed E-state index contributed by atoms with van der Waals surface area (Å²) in [6.07, 6.45) is 6.06. The van der Waals surface area contributed by atoms with Crippen LogP contribution >= 0.6 is 15.8 Å². The highest BCUT2D eigenvalue weighted by Crippen LogP contribution is 2.38. The molecule has 0 heterocycles. The fraction of sp³-hybridized carbons (Fsp3) is 0.0952. The molecular weight excluding hydrogens is 594 g/mol. The minimum absolute atomic E-state index is 0.150. The number of benzene rings is 6. The Morgan fingerprint density at radius 2 is 0.587 bits per heavy atom. The van der Waals surface area contributed by atoms with Crippen molar-refractivity contribution in [2.24, 2.45) is 9.98 Å². The first-order valence-electron chi connectivity index (χ1n) is 15.8. The third-order valence-corrected chi connectivity index (χ3v) is 12.7. The predicted octanol–water partition coefficient (Wildman–Crippen LogP) is 8.88. The molecule has 2 nitrogen and oxygen atoms in total. The second-order valence-electron chi connectivity index (χ2n) is 10.9. The molecule has 0 bridgehead atoms. The summed E-state index contributed by atoms with van der Waals surface area (Å²) in [5.74, 6) is 0. The smallest absolute Gasteiger partial charge is 0.101 e. The minimum atomic E-state index is -0.580. The molecule has 0 saturated carbocycles. The van der Waals surface area contributed by atoms with Crippen molar-refractivity contribution in [1.82, 2.24) is 0 Å². The van der Waals surface area contributed by atoms with E-state index in [1.54, 1.807) is 0 Å². The molecular formula is C42H38N2P2. The van der Waals surface area contributed by atoms with Gasteiger partial charge in [0.15, 0.2) is 0 Å². The van der Waals surface area contributed by atoms with Crippen LogP contribution in [0, 0.1) is 0 Å². The maximum absolute atomic E-state index is 5.36. The van der Waals surface area contributed by atoms with Crippen molar-refractivity contribution in [1.29, 1.82) is 0 Å². The standard InChI is InChI=1S/C42H38N2P2/c1-7-19-35(20-8-1)41(43-31-33-45(37-23-11-3-12-24-37)38-25-13-4-14-26-38)42(36-21-9-2-10-22-36)44-32-34-46(39-27-15-5-16-28-39)40-29-17-6-18-30-40/h1-32,41-42H,33-34H2/t41-,42?/m0/s1. The lowest BCUT2D eigenvalue weighted by atomic mass is 9.94. The van der Waals surface area contributed by atoms with Crippen LogP contribution < -0.4 is 21.2 Å². The summed E-state index contributed by atoms with van der Waals surface area (Å²) in [5.41, 5.74) is 2.34. The summed E-state index contributed by atoms with van der Waals surface area (Å²) >= 11 is 0. The largest absolute Gasteiger partial charge is 0.286 e. The normalized spacial score (nSPS) is 13.0. The third kappa shape index (κ3) is 8.41. The Kier molecular flexibility index (Phi) is 11.5. The van der Waals surface area contributed by atoms with E-state index in [0.717, 1.165) is 12.3 Å². The maximum atomic E-state index is 5.36. The first-order chi connectivity index (χ1) is 22.9. The molecule has 226 valence electrons. The quantitative estimate of drug-likeness (QED) is 0.0898. The summed E-state index contributed by atoms with van der Waals surface area (Å²) in [7, 11) is -1.16. The Labute approximate surface area is 276 Å². The maximum Gasteiger partial charge on any atom is 0.101 e. The first-order valence-corrected chi connectivity index (χ1v) is 18.8. The highest BCUT2D eigenvalue weighted by Gasteiger charge is 2.24. The minimum Gasteiger partial charge on any atom is -0.286 e. The summed E-state index contributed by atoms with van der Waals surface area (Å²) in [6, 6.07) is 64.4. The molecule has 0 spiro atoms. The third-order valence-electron chi connectivity index (χ3n) is 7.91. The molecule has 6 aromatic rings. The van der Waals surface area contributed by atoms with Crippen LogP contribution in [-0.4, -0.2) is 24.8 Å². The van der Waals surface area contributed by atoms with E-state index in [0.29, 0.717) is 0 Å². The van der Waals surface area contributed by atoms with E-state index in [1.807, 2.05) is 0 Å². The number of aliphatic imine (C=N–C) groups is 2. The van der Waals surface area contributed by atoms with Gasteiger partial charge in [0.1, 0.15) is 12.1 Å². The van der Waals surface area contributed by atoms with Crippen LogP contribution in [0.3, 0.4) is 0 Å². The molecule has 6 aromatic carbocycles. The SMILES string of the molecule is C(CP(c1ccccc1)c1ccccc1)=NC(c1ccccc1)[C@@H](N=CCP(c1ccccc1)c1ccccc1)c1ccccc1. The lowest BCUT2D eigenvalue weighted by Crippen LogP contribution is -2.16. The lowest BCUT2D eigenvalue weighted by Gasteiger charge is -2.23. The van der Waals surface area contributed by atoms with Gasteiger partial charge in [0.2, 0.25) is 0 Å². The van der Waals surface area contributed by atoms with Crippen molar-refractivity contribution >= 4 is 49.5 Å². The molecule has 2 atom stereocenters. The van der Waals surface area contributed by atoms with E-state index in [9.17, 15) is 0 Å². The molecule has 0 radical (unpaired) electrons. The van der Waals surface area contributed by atoms with Crippen LogP contribution in [-0.2, 0) is 0 Å². The average molecular weight is 633 g/mol. The second kappa shape index (κ2) is 16.7. The van der Waals surface area contributed by atoms with Crippen molar-refractivity contribution < 1.29 is 0 Å². The van der Waals surface area contributed by atoms with Gasteiger partial charge in [0.05, 0.1) is 0 Å². The Balaban J connectivity index is 1.34. The number of rotatable bonds is 13. The van der Waals surface area contributed by atoms with E-state index in [4.69, 9.17) is 9.98 Å². The highest BCUT2D eigenvalue weighted by molar-refractivity contribution is 7.74. The zero-order chi connectivity index (χ0) is 31.2. The average Bonchev–Trinajstić information content (AvgIpc) is 3.14. The van der Waals surface area contributed by atoms with Crippen LogP contribution in [0.2, 0.25) is 0 Å². The number of hydrogen-bond donors (Lipinski definition) is 0. The van der Waals surface area contributed by atoms with Gasteiger partial charge in [-0.3, -0.25) is 9.98 Å². The molecule has 0 aliphatic rings. The summed E-state index contributed by atoms with van der Waals surface area (Å²) < 4.78 is 0. The van der Waals surface area contributed by atoms with Gasteiger partial charge < -0.3 is 0 Å². The number of nitrogens with zero attached hydrogens (tertiary/aromatic N) is 2. The van der Waals surface area contributed by atoms with Gasteiger partial charge in [-0.05, 0) is 48.2 Å². The van der Waals surface area contributed by atoms with Gasteiger partial charge >= 0.3 is 0 Å². The Morgan fingerprint density at radius 1 is 0.348 bits per heavy atom. The lowest BCUT2D eigenvalue weighted by molar-refractivity contribution is 0.583. The van der Waals surface area contributed by atoms with Gasteiger partial charge in [-0.25, -0.2) is 0 Å². The molecule has 0 fully saturated rings. The van der Waals surface area contributed by atoms with E-state index >= 15 is 0 Å². The monoisotopic (exact) mass is 632 g/mol. The Hall–Kier alpha value is -4.48. The fourth-order valence-electron chi connectivity index (χ4n) is 5.64. The Bertz CT molecular complexity index is 1560. The van der Waals surface area contributed by atoms with Gasteiger partial charge in [0.25, 0.3) is 0 Å².